The molecule has 3 heterocycles. The molecule has 208 valence electrons. The molecule has 6 rings (SSSR count). The molecule has 0 radical (unpaired) electrons. The summed E-state index contributed by atoms with van der Waals surface area (Å²) in [5.41, 5.74) is 5.56. The number of nitrogens with one attached hydrogen (secondary N) is 2. The van der Waals surface area contributed by atoms with Crippen LogP contribution >= 0.6 is 23.2 Å². The topological polar surface area (TPSA) is 82.5 Å². The first-order valence-electron chi connectivity index (χ1n) is 13.4. The number of anilines is 2. The summed E-state index contributed by atoms with van der Waals surface area (Å²) < 4.78 is 14.7. The van der Waals surface area contributed by atoms with E-state index >= 15 is 0 Å². The standard InChI is InChI=1S/C31H27Cl2FN6O/c1-35-24-3-2-10-40(17-24)30(41)18-4-7-23(8-5-18)38-31-37-16-21-15-36-14-20-11-19(6-9-25(20)29(21)39-31)28-26(33)12-22(32)13-27(28)34/h4-9,11-14,16,24,35H,2-3,10,15,17H2,1H3,(H,37,38,39). The fraction of sp³-hybridized carbons (Fsp3) is 0.226. The predicted octanol–water partition coefficient (Wildman–Crippen LogP) is 6.76. The van der Waals surface area contributed by atoms with Crippen LogP contribution in [0, 0.1) is 5.82 Å². The van der Waals surface area contributed by atoms with E-state index in [1.165, 1.54) is 12.1 Å². The molecule has 1 amide bonds. The van der Waals surface area contributed by atoms with Gasteiger partial charge in [-0.3, -0.25) is 9.79 Å². The Kier molecular flexibility index (Phi) is 7.71. The molecule has 0 saturated carbocycles. The molecule has 10 heteroatoms. The minimum absolute atomic E-state index is 0.0357. The number of benzene rings is 3. The van der Waals surface area contributed by atoms with Gasteiger partial charge >= 0.3 is 0 Å². The second-order valence-corrected chi connectivity index (χ2v) is 11.0. The van der Waals surface area contributed by atoms with Crippen LogP contribution in [0.4, 0.5) is 16.0 Å². The summed E-state index contributed by atoms with van der Waals surface area (Å²) >= 11 is 12.3. The number of nitrogens with zero attached hydrogens (tertiary/aromatic N) is 4. The van der Waals surface area contributed by atoms with E-state index in [0.29, 0.717) is 36.2 Å². The molecule has 1 aromatic heterocycles. The molecule has 3 aromatic carbocycles. The third-order valence-corrected chi connectivity index (χ3v) is 7.98. The zero-order chi connectivity index (χ0) is 28.5. The number of piperidine rings is 1. The summed E-state index contributed by atoms with van der Waals surface area (Å²) in [5, 5.41) is 7.00. The summed E-state index contributed by atoms with van der Waals surface area (Å²) in [4.78, 5) is 28.7. The lowest BCUT2D eigenvalue weighted by Crippen LogP contribution is -2.46. The zero-order valence-corrected chi connectivity index (χ0v) is 23.8. The fourth-order valence-corrected chi connectivity index (χ4v) is 5.90. The second-order valence-electron chi connectivity index (χ2n) is 10.2. The van der Waals surface area contributed by atoms with Crippen molar-refractivity contribution in [1.82, 2.24) is 20.2 Å². The Balaban J connectivity index is 1.24. The first kappa shape index (κ1) is 27.3. The largest absolute Gasteiger partial charge is 0.337 e. The van der Waals surface area contributed by atoms with Gasteiger partial charge in [-0.05, 0) is 67.9 Å². The van der Waals surface area contributed by atoms with Gasteiger partial charge < -0.3 is 15.5 Å². The Hall–Kier alpha value is -3.85. The molecule has 2 aliphatic heterocycles. The first-order chi connectivity index (χ1) is 19.9. The number of rotatable bonds is 5. The number of aliphatic imine (C=N–C) groups is 1. The predicted molar refractivity (Wildman–Crippen MR) is 162 cm³/mol. The number of fused-ring (bicyclic) bond motifs is 3. The molecule has 1 fully saturated rings. The molecule has 41 heavy (non-hydrogen) atoms. The summed E-state index contributed by atoms with van der Waals surface area (Å²) in [6, 6.07) is 16.0. The Labute approximate surface area is 247 Å². The maximum Gasteiger partial charge on any atom is 0.253 e. The molecular weight excluding hydrogens is 562 g/mol. The SMILES string of the molecule is CNC1CCCN(C(=O)c2ccc(Nc3ncc4c(n3)-c3ccc(-c5c(F)cc(Cl)cc5Cl)cc3C=NC4)cc2)C1. The number of likely N-dealkylation sites (N-methyl/N-ethyl adjacent to an activating group) is 1. The summed E-state index contributed by atoms with van der Waals surface area (Å²) in [7, 11) is 1.94. The highest BCUT2D eigenvalue weighted by Crippen LogP contribution is 2.37. The summed E-state index contributed by atoms with van der Waals surface area (Å²) in [5.74, 6) is -0.0407. The van der Waals surface area contributed by atoms with Crippen LogP contribution in [0.2, 0.25) is 10.0 Å². The average molecular weight is 590 g/mol. The van der Waals surface area contributed by atoms with Crippen LogP contribution in [0.3, 0.4) is 0 Å². The number of carbonyl (C=O) groups excluding carboxylic acids is 1. The van der Waals surface area contributed by atoms with Gasteiger partial charge in [-0.2, -0.15) is 0 Å². The van der Waals surface area contributed by atoms with Crippen molar-refractivity contribution in [3.05, 3.63) is 93.3 Å². The first-order valence-corrected chi connectivity index (χ1v) is 14.1. The molecule has 0 aliphatic carbocycles. The fourth-order valence-electron chi connectivity index (χ4n) is 5.32. The molecule has 2 aliphatic rings. The van der Waals surface area contributed by atoms with E-state index in [0.717, 1.165) is 47.5 Å². The minimum atomic E-state index is -0.493. The zero-order valence-electron chi connectivity index (χ0n) is 22.3. The molecule has 0 spiro atoms. The van der Waals surface area contributed by atoms with Crippen molar-refractivity contribution in [3.63, 3.8) is 0 Å². The Bertz CT molecular complexity index is 1640. The van der Waals surface area contributed by atoms with Gasteiger partial charge in [-0.1, -0.05) is 35.3 Å². The van der Waals surface area contributed by atoms with Crippen LogP contribution in [0.1, 0.15) is 34.3 Å². The highest BCUT2D eigenvalue weighted by Gasteiger charge is 2.24. The van der Waals surface area contributed by atoms with Crippen molar-refractivity contribution in [1.29, 1.82) is 0 Å². The van der Waals surface area contributed by atoms with Gasteiger partial charge in [0, 0.05) is 70.1 Å². The van der Waals surface area contributed by atoms with E-state index in [4.69, 9.17) is 28.2 Å². The Morgan fingerprint density at radius 3 is 2.71 bits per heavy atom. The molecule has 0 bridgehead atoms. The van der Waals surface area contributed by atoms with Crippen molar-refractivity contribution in [2.45, 2.75) is 25.4 Å². The van der Waals surface area contributed by atoms with E-state index in [9.17, 15) is 9.18 Å². The van der Waals surface area contributed by atoms with Gasteiger partial charge in [0.05, 0.1) is 17.3 Å². The molecular formula is C31H27Cl2FN6O. The number of halogens is 3. The van der Waals surface area contributed by atoms with Crippen LogP contribution < -0.4 is 10.6 Å². The van der Waals surface area contributed by atoms with Crippen LogP contribution in [0.25, 0.3) is 22.4 Å². The van der Waals surface area contributed by atoms with Gasteiger partial charge in [-0.25, -0.2) is 14.4 Å². The third kappa shape index (κ3) is 5.68. The minimum Gasteiger partial charge on any atom is -0.337 e. The lowest BCUT2D eigenvalue weighted by atomic mass is 9.96. The van der Waals surface area contributed by atoms with Crippen molar-refractivity contribution in [3.8, 4) is 22.4 Å². The highest BCUT2D eigenvalue weighted by molar-refractivity contribution is 6.36. The number of aromatic nitrogens is 2. The van der Waals surface area contributed by atoms with Gasteiger partial charge in [0.15, 0.2) is 0 Å². The molecule has 4 aromatic rings. The van der Waals surface area contributed by atoms with E-state index in [1.54, 1.807) is 12.4 Å². The second kappa shape index (κ2) is 11.6. The maximum atomic E-state index is 14.7. The number of likely N-dealkylation sites (tertiary alicyclic amines) is 1. The molecule has 1 saturated heterocycles. The van der Waals surface area contributed by atoms with Crippen LogP contribution in [0.15, 0.2) is 65.8 Å². The lowest BCUT2D eigenvalue weighted by Gasteiger charge is -2.32. The highest BCUT2D eigenvalue weighted by atomic mass is 35.5. The van der Waals surface area contributed by atoms with Gasteiger partial charge in [0.1, 0.15) is 5.82 Å². The van der Waals surface area contributed by atoms with Crippen molar-refractivity contribution < 1.29 is 9.18 Å². The van der Waals surface area contributed by atoms with Crippen molar-refractivity contribution >= 4 is 47.0 Å². The van der Waals surface area contributed by atoms with Crippen molar-refractivity contribution in [2.24, 2.45) is 4.99 Å². The molecule has 1 atom stereocenters. The van der Waals surface area contributed by atoms with Gasteiger partial charge in [0.2, 0.25) is 5.95 Å². The Morgan fingerprint density at radius 1 is 1.10 bits per heavy atom. The normalized spacial score (nSPS) is 16.1. The Morgan fingerprint density at radius 2 is 1.93 bits per heavy atom. The smallest absolute Gasteiger partial charge is 0.253 e. The maximum absolute atomic E-state index is 14.7. The van der Waals surface area contributed by atoms with E-state index < -0.39 is 5.82 Å². The number of carbonyl (C=O) groups is 1. The lowest BCUT2D eigenvalue weighted by molar-refractivity contribution is 0.0698. The molecule has 7 nitrogen and oxygen atoms in total. The van der Waals surface area contributed by atoms with Gasteiger partial charge in [-0.15, -0.1) is 0 Å². The van der Waals surface area contributed by atoms with Gasteiger partial charge in [0.25, 0.3) is 5.91 Å². The number of hydrogen-bond acceptors (Lipinski definition) is 6. The van der Waals surface area contributed by atoms with Crippen LogP contribution in [-0.4, -0.2) is 53.2 Å². The monoisotopic (exact) mass is 588 g/mol. The van der Waals surface area contributed by atoms with Crippen molar-refractivity contribution in [2.75, 3.05) is 25.5 Å². The summed E-state index contributed by atoms with van der Waals surface area (Å²) in [6.07, 6.45) is 5.59. The van der Waals surface area contributed by atoms with E-state index in [2.05, 4.69) is 20.6 Å². The number of amides is 1. The van der Waals surface area contributed by atoms with E-state index in [1.807, 2.05) is 54.4 Å². The van der Waals surface area contributed by atoms with Crippen LogP contribution in [0.5, 0.6) is 0 Å². The quantitative estimate of drug-likeness (QED) is 0.269. The molecule has 2 N–H and O–H groups in total. The summed E-state index contributed by atoms with van der Waals surface area (Å²) in [6.45, 7) is 1.90. The van der Waals surface area contributed by atoms with Crippen LogP contribution in [-0.2, 0) is 6.54 Å². The molecule has 1 unspecified atom stereocenters. The van der Waals surface area contributed by atoms with E-state index in [-0.39, 0.29) is 21.5 Å². The third-order valence-electron chi connectivity index (χ3n) is 7.46. The number of hydrogen-bond donors (Lipinski definition) is 2. The average Bonchev–Trinajstić information content (AvgIpc) is 3.15.